The van der Waals surface area contributed by atoms with Crippen LogP contribution in [0.5, 0.6) is 0 Å². The first kappa shape index (κ1) is 17.0. The van der Waals surface area contributed by atoms with Crippen LogP contribution >= 0.6 is 11.5 Å². The number of anilines is 1. The van der Waals surface area contributed by atoms with E-state index in [-0.39, 0.29) is 5.91 Å². The highest BCUT2D eigenvalue weighted by molar-refractivity contribution is 7.13. The van der Waals surface area contributed by atoms with Crippen LogP contribution in [-0.2, 0) is 11.3 Å². The van der Waals surface area contributed by atoms with Gasteiger partial charge in [0.1, 0.15) is 5.82 Å². The third kappa shape index (κ3) is 3.86. The molecule has 1 saturated heterocycles. The summed E-state index contributed by atoms with van der Waals surface area (Å²) in [6, 6.07) is 18.4. The van der Waals surface area contributed by atoms with Crippen LogP contribution in [0.1, 0.15) is 5.56 Å². The number of rotatable bonds is 5. The molecule has 26 heavy (non-hydrogen) atoms. The molecule has 0 spiro atoms. The number of aromatic nitrogens is 1. The summed E-state index contributed by atoms with van der Waals surface area (Å²) in [6.45, 7) is 4.61. The van der Waals surface area contributed by atoms with E-state index in [9.17, 15) is 4.79 Å². The Bertz CT molecular complexity index is 872. The maximum Gasteiger partial charge on any atom is 0.234 e. The molecular formula is C20H22N4OS. The number of amides is 1. The van der Waals surface area contributed by atoms with Gasteiger partial charge in [0, 0.05) is 38.1 Å². The predicted molar refractivity (Wildman–Crippen MR) is 107 cm³/mol. The molecule has 1 aliphatic heterocycles. The number of hydrogen-bond donors (Lipinski definition) is 1. The molecule has 2 heterocycles. The van der Waals surface area contributed by atoms with Crippen LogP contribution in [0.25, 0.3) is 10.1 Å². The van der Waals surface area contributed by atoms with E-state index in [1.807, 2.05) is 30.3 Å². The molecule has 0 radical (unpaired) electrons. The quantitative estimate of drug-likeness (QED) is 0.754. The molecule has 2 aromatic carbocycles. The lowest BCUT2D eigenvalue weighted by Crippen LogP contribution is -2.49. The summed E-state index contributed by atoms with van der Waals surface area (Å²) < 4.78 is 5.86. The van der Waals surface area contributed by atoms with E-state index in [0.29, 0.717) is 13.1 Å². The number of piperazine rings is 1. The maximum absolute atomic E-state index is 12.2. The number of benzene rings is 2. The van der Waals surface area contributed by atoms with Gasteiger partial charge in [0.2, 0.25) is 5.91 Å². The summed E-state index contributed by atoms with van der Waals surface area (Å²) in [6.07, 6.45) is 0. The Labute approximate surface area is 157 Å². The van der Waals surface area contributed by atoms with E-state index < -0.39 is 0 Å². The smallest absolute Gasteiger partial charge is 0.234 e. The average molecular weight is 366 g/mol. The fourth-order valence-electron chi connectivity index (χ4n) is 3.27. The number of nitrogens with one attached hydrogen (secondary N) is 1. The molecule has 0 unspecified atom stereocenters. The molecule has 6 heteroatoms. The lowest BCUT2D eigenvalue weighted by molar-refractivity contribution is -0.122. The number of carbonyl (C=O) groups is 1. The van der Waals surface area contributed by atoms with Gasteiger partial charge >= 0.3 is 0 Å². The molecule has 0 atom stereocenters. The van der Waals surface area contributed by atoms with Crippen molar-refractivity contribution in [3.05, 3.63) is 60.2 Å². The Kier molecular flexibility index (Phi) is 5.13. The van der Waals surface area contributed by atoms with Gasteiger partial charge < -0.3 is 10.2 Å². The molecule has 4 rings (SSSR count). The van der Waals surface area contributed by atoms with Crippen molar-refractivity contribution in [2.45, 2.75) is 6.54 Å². The van der Waals surface area contributed by atoms with Crippen molar-refractivity contribution < 1.29 is 4.79 Å². The number of nitrogens with zero attached hydrogens (tertiary/aromatic N) is 3. The number of fused-ring (bicyclic) bond motifs is 1. The normalized spacial score (nSPS) is 15.3. The third-order valence-electron chi connectivity index (χ3n) is 4.73. The zero-order valence-electron chi connectivity index (χ0n) is 14.6. The Morgan fingerprint density at radius 1 is 1.00 bits per heavy atom. The Hall–Kier alpha value is -2.44. The highest BCUT2D eigenvalue weighted by Crippen LogP contribution is 2.29. The zero-order chi connectivity index (χ0) is 17.8. The van der Waals surface area contributed by atoms with Crippen molar-refractivity contribution in [2.24, 2.45) is 0 Å². The van der Waals surface area contributed by atoms with Crippen LogP contribution in [-0.4, -0.2) is 47.9 Å². The third-order valence-corrected chi connectivity index (χ3v) is 5.55. The number of carbonyl (C=O) groups excluding carboxylic acids is 1. The molecule has 1 N–H and O–H groups in total. The zero-order valence-corrected chi connectivity index (χ0v) is 15.4. The van der Waals surface area contributed by atoms with Crippen molar-refractivity contribution in [2.75, 3.05) is 37.6 Å². The van der Waals surface area contributed by atoms with Gasteiger partial charge in [0.25, 0.3) is 0 Å². The molecule has 5 nitrogen and oxygen atoms in total. The molecule has 1 amide bonds. The topological polar surface area (TPSA) is 48.5 Å². The summed E-state index contributed by atoms with van der Waals surface area (Å²) in [7, 11) is 0. The van der Waals surface area contributed by atoms with Gasteiger partial charge in [-0.2, -0.15) is 4.37 Å². The summed E-state index contributed by atoms with van der Waals surface area (Å²) in [5.41, 5.74) is 1.13. The molecule has 1 aromatic heterocycles. The van der Waals surface area contributed by atoms with Gasteiger partial charge in [-0.05, 0) is 29.2 Å². The van der Waals surface area contributed by atoms with Crippen molar-refractivity contribution in [1.29, 1.82) is 0 Å². The Morgan fingerprint density at radius 2 is 1.73 bits per heavy atom. The Balaban J connectivity index is 1.28. The molecule has 1 aliphatic rings. The average Bonchev–Trinajstić information content (AvgIpc) is 3.12. The van der Waals surface area contributed by atoms with Crippen molar-refractivity contribution in [3.8, 4) is 0 Å². The predicted octanol–water partition coefficient (Wildman–Crippen LogP) is 2.73. The fourth-order valence-corrected chi connectivity index (χ4v) is 4.07. The van der Waals surface area contributed by atoms with Crippen LogP contribution < -0.4 is 10.2 Å². The highest BCUT2D eigenvalue weighted by Gasteiger charge is 2.21. The standard InChI is InChI=1S/C20H22N4OS/c25-19(21-14-16-6-2-1-3-7-16)15-23-10-12-24(13-11-23)20-17-8-4-5-9-18(17)26-22-20/h1-9H,10-15H2,(H,21,25). The van der Waals surface area contributed by atoms with E-state index in [1.165, 1.54) is 10.1 Å². The van der Waals surface area contributed by atoms with Gasteiger partial charge in [-0.1, -0.05) is 42.5 Å². The first-order chi connectivity index (χ1) is 12.8. The van der Waals surface area contributed by atoms with Gasteiger partial charge in [0.15, 0.2) is 0 Å². The molecule has 1 fully saturated rings. The lowest BCUT2D eigenvalue weighted by Gasteiger charge is -2.34. The van der Waals surface area contributed by atoms with Gasteiger partial charge in [0.05, 0.1) is 11.2 Å². The van der Waals surface area contributed by atoms with Gasteiger partial charge in [-0.3, -0.25) is 9.69 Å². The molecule has 134 valence electrons. The monoisotopic (exact) mass is 366 g/mol. The van der Waals surface area contributed by atoms with Crippen molar-refractivity contribution in [3.63, 3.8) is 0 Å². The lowest BCUT2D eigenvalue weighted by atomic mass is 10.2. The van der Waals surface area contributed by atoms with E-state index in [2.05, 4.69) is 43.8 Å². The van der Waals surface area contributed by atoms with Gasteiger partial charge in [-0.15, -0.1) is 0 Å². The molecule has 0 bridgehead atoms. The second-order valence-electron chi connectivity index (χ2n) is 6.53. The van der Waals surface area contributed by atoms with Crippen LogP contribution in [0.3, 0.4) is 0 Å². The van der Waals surface area contributed by atoms with Crippen molar-refractivity contribution in [1.82, 2.24) is 14.6 Å². The Morgan fingerprint density at radius 3 is 2.54 bits per heavy atom. The molecule has 0 saturated carbocycles. The van der Waals surface area contributed by atoms with E-state index >= 15 is 0 Å². The van der Waals surface area contributed by atoms with Gasteiger partial charge in [-0.25, -0.2) is 0 Å². The SMILES string of the molecule is O=C(CN1CCN(c2nsc3ccccc23)CC1)NCc1ccccc1. The van der Waals surface area contributed by atoms with Crippen LogP contribution in [0.2, 0.25) is 0 Å². The molecular weight excluding hydrogens is 344 g/mol. The maximum atomic E-state index is 12.2. The van der Waals surface area contributed by atoms with E-state index in [1.54, 1.807) is 11.5 Å². The van der Waals surface area contributed by atoms with Crippen LogP contribution in [0.4, 0.5) is 5.82 Å². The summed E-state index contributed by atoms with van der Waals surface area (Å²) in [4.78, 5) is 16.7. The first-order valence-electron chi connectivity index (χ1n) is 8.92. The minimum atomic E-state index is 0.0846. The van der Waals surface area contributed by atoms with Crippen LogP contribution in [0.15, 0.2) is 54.6 Å². The van der Waals surface area contributed by atoms with Crippen LogP contribution in [0, 0.1) is 0 Å². The molecule has 3 aromatic rings. The largest absolute Gasteiger partial charge is 0.353 e. The first-order valence-corrected chi connectivity index (χ1v) is 9.69. The summed E-state index contributed by atoms with van der Waals surface area (Å²) >= 11 is 1.55. The number of hydrogen-bond acceptors (Lipinski definition) is 5. The fraction of sp³-hybridized carbons (Fsp3) is 0.300. The molecule has 0 aliphatic carbocycles. The van der Waals surface area contributed by atoms with E-state index in [4.69, 9.17) is 0 Å². The highest BCUT2D eigenvalue weighted by atomic mass is 32.1. The second-order valence-corrected chi connectivity index (χ2v) is 7.33. The van der Waals surface area contributed by atoms with Crippen molar-refractivity contribution >= 4 is 33.3 Å². The summed E-state index contributed by atoms with van der Waals surface area (Å²) in [5.74, 6) is 1.17. The second kappa shape index (κ2) is 7.85. The minimum absolute atomic E-state index is 0.0846. The van der Waals surface area contributed by atoms with E-state index in [0.717, 1.165) is 37.6 Å². The minimum Gasteiger partial charge on any atom is -0.353 e. The summed E-state index contributed by atoms with van der Waals surface area (Å²) in [5, 5.41) is 4.23.